The third-order valence-corrected chi connectivity index (χ3v) is 6.63. The number of phenolic OH excluding ortho intramolecular Hbond substituents is 1. The van der Waals surface area contributed by atoms with Gasteiger partial charge in [-0.15, -0.1) is 0 Å². The van der Waals surface area contributed by atoms with Crippen LogP contribution in [0.4, 0.5) is 0 Å². The maximum Gasteiger partial charge on any atom is 0.331 e. The smallest absolute Gasteiger partial charge is 0.331 e. The maximum absolute atomic E-state index is 12.6. The van der Waals surface area contributed by atoms with Gasteiger partial charge < -0.3 is 54.0 Å². The van der Waals surface area contributed by atoms with E-state index in [1.54, 1.807) is 0 Å². The molecule has 2 fully saturated rings. The van der Waals surface area contributed by atoms with E-state index in [4.69, 9.17) is 28.4 Å². The van der Waals surface area contributed by atoms with Gasteiger partial charge in [-0.05, 0) is 23.8 Å². The number of rotatable bonds is 9. The normalized spacial score (nSPS) is 34.1. The first-order valence-electron chi connectivity index (χ1n) is 12.1. The van der Waals surface area contributed by atoms with E-state index in [2.05, 4.69) is 0 Å². The van der Waals surface area contributed by atoms with E-state index in [1.807, 2.05) is 6.07 Å². The number of allylic oxidation sites excluding steroid dienone is 1. The number of aliphatic hydroxyl groups excluding tert-OH is 4. The minimum atomic E-state index is -1.71. The molecule has 1 saturated carbocycles. The summed E-state index contributed by atoms with van der Waals surface area (Å²) in [4.78, 5) is 12.6. The fraction of sp³-hybridized carbons (Fsp3) is 0.538. The molecule has 5 N–H and O–H groups in total. The van der Waals surface area contributed by atoms with E-state index in [9.17, 15) is 35.6 Å². The highest BCUT2D eigenvalue weighted by Crippen LogP contribution is 2.34. The van der Waals surface area contributed by atoms with Gasteiger partial charge in [-0.1, -0.05) is 6.07 Å². The van der Waals surface area contributed by atoms with E-state index >= 15 is 0 Å². The van der Waals surface area contributed by atoms with Crippen LogP contribution in [0.25, 0.3) is 6.08 Å². The molecule has 0 spiro atoms. The number of ether oxygens (including phenoxy) is 6. The molecule has 13 heteroatoms. The number of aromatic hydroxyl groups is 1. The summed E-state index contributed by atoms with van der Waals surface area (Å²) in [5.74, 6) is -0.820. The van der Waals surface area contributed by atoms with Crippen LogP contribution in [-0.4, -0.2) is 115 Å². The van der Waals surface area contributed by atoms with Crippen LogP contribution in [0.5, 0.6) is 11.5 Å². The van der Waals surface area contributed by atoms with Crippen LogP contribution in [0, 0.1) is 11.3 Å². The number of hydrogen-bond donors (Lipinski definition) is 5. The van der Waals surface area contributed by atoms with Crippen molar-refractivity contribution in [3.63, 3.8) is 0 Å². The van der Waals surface area contributed by atoms with E-state index in [-0.39, 0.29) is 23.5 Å². The second kappa shape index (κ2) is 13.8. The molecule has 1 aromatic carbocycles. The average Bonchev–Trinajstić information content (AvgIpc) is 2.93. The lowest BCUT2D eigenvalue weighted by Gasteiger charge is -2.45. The van der Waals surface area contributed by atoms with Crippen LogP contribution in [0.3, 0.4) is 0 Å². The van der Waals surface area contributed by atoms with Crippen LogP contribution in [0.2, 0.25) is 0 Å². The number of hydrogen-bond acceptors (Lipinski definition) is 13. The summed E-state index contributed by atoms with van der Waals surface area (Å²) >= 11 is 0. The Balaban J connectivity index is 1.78. The predicted molar refractivity (Wildman–Crippen MR) is 132 cm³/mol. The summed E-state index contributed by atoms with van der Waals surface area (Å²) in [7, 11) is 4.18. The first-order chi connectivity index (χ1) is 18.7. The molecule has 214 valence electrons. The summed E-state index contributed by atoms with van der Waals surface area (Å²) < 4.78 is 32.5. The molecule has 13 nitrogen and oxygen atoms in total. The average molecular weight is 552 g/mol. The third kappa shape index (κ3) is 6.93. The van der Waals surface area contributed by atoms with E-state index < -0.39 is 67.7 Å². The number of carbonyl (C=O) groups excluding carboxylic acids is 1. The monoisotopic (exact) mass is 551 g/mol. The zero-order chi connectivity index (χ0) is 28.7. The quantitative estimate of drug-likeness (QED) is 0.148. The van der Waals surface area contributed by atoms with Crippen molar-refractivity contribution < 1.29 is 58.7 Å². The van der Waals surface area contributed by atoms with Gasteiger partial charge >= 0.3 is 5.97 Å². The van der Waals surface area contributed by atoms with Crippen molar-refractivity contribution in [2.75, 3.05) is 27.9 Å². The molecule has 1 saturated heterocycles. The molecule has 1 heterocycles. The predicted octanol–water partition coefficient (Wildman–Crippen LogP) is -0.605. The largest absolute Gasteiger partial charge is 0.504 e. The molecule has 1 aliphatic heterocycles. The van der Waals surface area contributed by atoms with Gasteiger partial charge in [0.25, 0.3) is 0 Å². The number of carbonyl (C=O) groups is 1. The van der Waals surface area contributed by atoms with Gasteiger partial charge in [0.2, 0.25) is 0 Å². The SMILES string of the molecule is COc1cc(C=CC(=O)O[C@@H]2[C@@H](O)[C@H](O[C@@H]3C[C@@H](OC)[C@@H](OC)[C@@H](O)C3=CC#N)O[C@@H](CO)[C@H]2O)ccc1O. The molecular formula is C26H33NO12. The van der Waals surface area contributed by atoms with Gasteiger partial charge in [-0.2, -0.15) is 5.26 Å². The van der Waals surface area contributed by atoms with Gasteiger partial charge in [-0.3, -0.25) is 0 Å². The Bertz CT molecular complexity index is 1090. The summed E-state index contributed by atoms with van der Waals surface area (Å²) in [5, 5.41) is 61.0. The number of nitriles is 1. The van der Waals surface area contributed by atoms with Crippen molar-refractivity contribution in [2.24, 2.45) is 0 Å². The van der Waals surface area contributed by atoms with E-state index in [0.29, 0.717) is 5.56 Å². The Labute approximate surface area is 225 Å². The maximum atomic E-state index is 12.6. The molecule has 0 bridgehead atoms. The van der Waals surface area contributed by atoms with Gasteiger partial charge in [0.15, 0.2) is 23.9 Å². The minimum absolute atomic E-state index is 0.0837. The summed E-state index contributed by atoms with van der Waals surface area (Å²) in [6, 6.07) is 6.23. The Hall–Kier alpha value is -3.06. The molecule has 1 aromatic rings. The Morgan fingerprint density at radius 3 is 2.51 bits per heavy atom. The van der Waals surface area contributed by atoms with Crippen LogP contribution >= 0.6 is 0 Å². The van der Waals surface area contributed by atoms with Crippen LogP contribution in [-0.2, 0) is 28.5 Å². The Morgan fingerprint density at radius 1 is 1.15 bits per heavy atom. The Kier molecular flexibility index (Phi) is 10.8. The molecule has 0 aromatic heterocycles. The molecule has 9 atom stereocenters. The lowest BCUT2D eigenvalue weighted by Crippen LogP contribution is -2.61. The van der Waals surface area contributed by atoms with Crippen LogP contribution in [0.1, 0.15) is 12.0 Å². The number of esters is 1. The topological polar surface area (TPSA) is 197 Å². The molecule has 1 aliphatic carbocycles. The highest BCUT2D eigenvalue weighted by molar-refractivity contribution is 5.87. The molecule has 0 unspecified atom stereocenters. The fourth-order valence-electron chi connectivity index (χ4n) is 4.56. The number of aliphatic hydroxyl groups is 4. The summed E-state index contributed by atoms with van der Waals surface area (Å²) in [6.45, 7) is -0.689. The highest BCUT2D eigenvalue weighted by Gasteiger charge is 2.50. The lowest BCUT2D eigenvalue weighted by molar-refractivity contribution is -0.314. The van der Waals surface area contributed by atoms with Crippen molar-refractivity contribution >= 4 is 12.0 Å². The molecule has 0 radical (unpaired) electrons. The Morgan fingerprint density at radius 2 is 1.90 bits per heavy atom. The number of nitrogens with zero attached hydrogens (tertiary/aromatic N) is 1. The van der Waals surface area contributed by atoms with Gasteiger partial charge in [0.1, 0.15) is 30.5 Å². The van der Waals surface area contributed by atoms with Gasteiger partial charge in [-0.25, -0.2) is 4.79 Å². The van der Waals surface area contributed by atoms with Crippen LogP contribution in [0.15, 0.2) is 35.9 Å². The summed E-state index contributed by atoms with van der Waals surface area (Å²) in [6.07, 6.45) is -7.73. The second-order valence-electron chi connectivity index (χ2n) is 8.93. The van der Waals surface area contributed by atoms with Crippen LogP contribution < -0.4 is 4.74 Å². The lowest BCUT2D eigenvalue weighted by atomic mass is 9.84. The van der Waals surface area contributed by atoms with E-state index in [0.717, 1.165) is 12.2 Å². The number of phenols is 1. The molecule has 0 amide bonds. The molecule has 3 rings (SSSR count). The van der Waals surface area contributed by atoms with Gasteiger partial charge in [0, 0.05) is 38.4 Å². The van der Waals surface area contributed by atoms with E-state index in [1.165, 1.54) is 45.6 Å². The first kappa shape index (κ1) is 30.5. The van der Waals surface area contributed by atoms with Crippen molar-refractivity contribution in [1.82, 2.24) is 0 Å². The summed E-state index contributed by atoms with van der Waals surface area (Å²) in [5.41, 5.74) is 0.653. The zero-order valence-corrected chi connectivity index (χ0v) is 21.6. The molecule has 39 heavy (non-hydrogen) atoms. The highest BCUT2D eigenvalue weighted by atomic mass is 16.7. The number of benzene rings is 1. The number of methoxy groups -OCH3 is 3. The van der Waals surface area contributed by atoms with Crippen molar-refractivity contribution in [3.8, 4) is 17.6 Å². The molecular weight excluding hydrogens is 518 g/mol. The van der Waals surface area contributed by atoms with Crippen molar-refractivity contribution in [1.29, 1.82) is 5.26 Å². The zero-order valence-electron chi connectivity index (χ0n) is 21.6. The third-order valence-electron chi connectivity index (χ3n) is 6.63. The second-order valence-corrected chi connectivity index (χ2v) is 8.93. The van der Waals surface area contributed by atoms with Gasteiger partial charge in [0.05, 0.1) is 32.0 Å². The van der Waals surface area contributed by atoms with Crippen molar-refractivity contribution in [2.45, 2.75) is 61.5 Å². The molecule has 2 aliphatic rings. The van der Waals surface area contributed by atoms with Crippen molar-refractivity contribution in [3.05, 3.63) is 41.5 Å². The first-order valence-corrected chi connectivity index (χ1v) is 12.1. The standard InChI is InChI=1S/C26H33NO12/c1-34-17-10-13(4-6-15(17)29)5-7-20(30)39-25-22(32)19(12-28)38-26(23(25)33)37-16-11-18(35-2)24(36-3)21(31)14(16)8-9-27/h4-8,10,16,18-19,21-26,28-29,31-33H,11-12H2,1-3H3/t16-,18-,19+,21+,22-,23-,24-,25+,26-/m1/s1. The minimum Gasteiger partial charge on any atom is -0.504 e. The fourth-order valence-corrected chi connectivity index (χ4v) is 4.56.